The van der Waals surface area contributed by atoms with Crippen molar-refractivity contribution in [3.05, 3.63) is 41.0 Å². The molecular formula is C21H24O11. The van der Waals surface area contributed by atoms with Crippen molar-refractivity contribution in [2.24, 2.45) is 0 Å². The van der Waals surface area contributed by atoms with E-state index < -0.39 is 66.6 Å². The van der Waals surface area contributed by atoms with Crippen LogP contribution in [0, 0.1) is 0 Å². The van der Waals surface area contributed by atoms with Gasteiger partial charge in [0.25, 0.3) is 0 Å². The van der Waals surface area contributed by atoms with Crippen molar-refractivity contribution >= 4 is 0 Å². The summed E-state index contributed by atoms with van der Waals surface area (Å²) in [7, 11) is 0. The summed E-state index contributed by atoms with van der Waals surface area (Å²) in [6.45, 7) is -0.684. The molecule has 11 nitrogen and oxygen atoms in total. The van der Waals surface area contributed by atoms with E-state index in [1.807, 2.05) is 0 Å². The van der Waals surface area contributed by atoms with Crippen LogP contribution in [0.3, 0.4) is 0 Å². The van der Waals surface area contributed by atoms with Crippen LogP contribution in [0.15, 0.2) is 24.3 Å². The second-order valence-electron chi connectivity index (χ2n) is 7.94. The molecule has 0 unspecified atom stereocenters. The first-order chi connectivity index (χ1) is 15.1. The van der Waals surface area contributed by atoms with Crippen molar-refractivity contribution in [3.8, 4) is 28.7 Å². The summed E-state index contributed by atoms with van der Waals surface area (Å²) in [5.74, 6) is -1.83. The molecule has 4 rings (SSSR count). The number of phenols is 4. The number of hydrogen-bond donors (Lipinski definition) is 9. The van der Waals surface area contributed by atoms with Gasteiger partial charge in [0.1, 0.15) is 53.9 Å². The zero-order valence-electron chi connectivity index (χ0n) is 16.6. The van der Waals surface area contributed by atoms with Crippen LogP contribution in [0.4, 0.5) is 0 Å². The van der Waals surface area contributed by atoms with Gasteiger partial charge in [-0.25, -0.2) is 0 Å². The number of ether oxygens (including phenoxy) is 2. The Hall–Kier alpha value is -2.80. The van der Waals surface area contributed by atoms with Gasteiger partial charge in [-0.2, -0.15) is 0 Å². The van der Waals surface area contributed by atoms with E-state index in [-0.39, 0.29) is 29.0 Å². The Labute approximate surface area is 181 Å². The molecule has 0 spiro atoms. The molecule has 32 heavy (non-hydrogen) atoms. The van der Waals surface area contributed by atoms with Crippen LogP contribution in [-0.4, -0.2) is 83.1 Å². The number of rotatable bonds is 3. The monoisotopic (exact) mass is 452 g/mol. The first kappa shape index (κ1) is 22.4. The second kappa shape index (κ2) is 8.28. The van der Waals surface area contributed by atoms with Crippen molar-refractivity contribution in [3.63, 3.8) is 0 Å². The predicted molar refractivity (Wildman–Crippen MR) is 105 cm³/mol. The van der Waals surface area contributed by atoms with Crippen LogP contribution in [0.25, 0.3) is 0 Å². The third kappa shape index (κ3) is 3.58. The summed E-state index contributed by atoms with van der Waals surface area (Å²) in [6.07, 6.45) is -10.1. The Morgan fingerprint density at radius 3 is 2.19 bits per heavy atom. The Morgan fingerprint density at radius 1 is 0.812 bits per heavy atom. The van der Waals surface area contributed by atoms with E-state index >= 15 is 0 Å². The lowest BCUT2D eigenvalue weighted by atomic mass is 9.87. The van der Waals surface area contributed by atoms with E-state index in [0.717, 1.165) is 6.07 Å². The SMILES string of the molecule is OC[C@H]1O[C@@H](c2c(O)cc3c(c2O)C[C@H](O)[C@H](c2ccc(O)c(O)c2)O3)[C@H](O)[C@@H](O)[C@@H]1O. The molecule has 7 atom stereocenters. The number of hydrogen-bond acceptors (Lipinski definition) is 11. The third-order valence-corrected chi connectivity index (χ3v) is 5.90. The van der Waals surface area contributed by atoms with Gasteiger partial charge in [-0.1, -0.05) is 6.07 Å². The van der Waals surface area contributed by atoms with Gasteiger partial charge in [0.05, 0.1) is 18.3 Å². The average molecular weight is 452 g/mol. The molecule has 0 radical (unpaired) electrons. The largest absolute Gasteiger partial charge is 0.507 e. The molecule has 2 heterocycles. The molecule has 174 valence electrons. The Morgan fingerprint density at radius 2 is 1.53 bits per heavy atom. The summed E-state index contributed by atoms with van der Waals surface area (Å²) >= 11 is 0. The van der Waals surface area contributed by atoms with E-state index in [1.54, 1.807) is 0 Å². The van der Waals surface area contributed by atoms with Crippen LogP contribution >= 0.6 is 0 Å². The average Bonchev–Trinajstić information content (AvgIpc) is 2.76. The molecule has 11 heteroatoms. The summed E-state index contributed by atoms with van der Waals surface area (Å²) in [5.41, 5.74) is 0.147. The van der Waals surface area contributed by atoms with E-state index in [0.29, 0.717) is 5.56 Å². The lowest BCUT2D eigenvalue weighted by Gasteiger charge is -2.41. The van der Waals surface area contributed by atoms with Gasteiger partial charge in [-0.3, -0.25) is 0 Å². The van der Waals surface area contributed by atoms with Crippen molar-refractivity contribution in [1.82, 2.24) is 0 Å². The van der Waals surface area contributed by atoms with E-state index in [1.165, 1.54) is 18.2 Å². The topological polar surface area (TPSA) is 201 Å². The second-order valence-corrected chi connectivity index (χ2v) is 7.94. The summed E-state index contributed by atoms with van der Waals surface area (Å²) in [5, 5.41) is 90.9. The summed E-state index contributed by atoms with van der Waals surface area (Å²) in [6, 6.07) is 5.03. The predicted octanol–water partition coefficient (Wildman–Crippen LogP) is -0.939. The van der Waals surface area contributed by atoms with E-state index in [2.05, 4.69) is 0 Å². The van der Waals surface area contributed by atoms with Gasteiger partial charge < -0.3 is 55.4 Å². The van der Waals surface area contributed by atoms with Crippen LogP contribution in [0.5, 0.6) is 28.7 Å². The quantitative estimate of drug-likeness (QED) is 0.260. The zero-order chi connectivity index (χ0) is 23.3. The normalized spacial score (nSPS) is 32.2. The molecule has 0 aromatic heterocycles. The number of phenolic OH excluding ortho intramolecular Hbond substituents is 4. The molecular weight excluding hydrogens is 428 g/mol. The minimum Gasteiger partial charge on any atom is -0.507 e. The van der Waals surface area contributed by atoms with Crippen LogP contribution < -0.4 is 4.74 Å². The number of fused-ring (bicyclic) bond motifs is 1. The lowest BCUT2D eigenvalue weighted by Crippen LogP contribution is -2.55. The summed E-state index contributed by atoms with van der Waals surface area (Å²) < 4.78 is 11.2. The molecule has 1 saturated heterocycles. The minimum atomic E-state index is -1.73. The number of aromatic hydroxyl groups is 4. The highest BCUT2D eigenvalue weighted by Crippen LogP contribution is 2.49. The number of benzene rings is 2. The highest BCUT2D eigenvalue weighted by molar-refractivity contribution is 5.59. The van der Waals surface area contributed by atoms with Gasteiger partial charge in [0, 0.05) is 18.1 Å². The maximum absolute atomic E-state index is 10.8. The number of aliphatic hydroxyl groups excluding tert-OH is 5. The van der Waals surface area contributed by atoms with Gasteiger partial charge >= 0.3 is 0 Å². The molecule has 0 aliphatic carbocycles. The first-order valence-corrected chi connectivity index (χ1v) is 9.88. The Kier molecular flexibility index (Phi) is 5.79. The molecule has 2 aliphatic rings. The molecule has 2 aromatic rings. The fourth-order valence-electron chi connectivity index (χ4n) is 4.15. The summed E-state index contributed by atoms with van der Waals surface area (Å²) in [4.78, 5) is 0. The van der Waals surface area contributed by atoms with Gasteiger partial charge in [0.15, 0.2) is 11.5 Å². The molecule has 0 saturated carbocycles. The first-order valence-electron chi connectivity index (χ1n) is 9.88. The fraction of sp³-hybridized carbons (Fsp3) is 0.429. The van der Waals surface area contributed by atoms with Crippen molar-refractivity contribution in [1.29, 1.82) is 0 Å². The van der Waals surface area contributed by atoms with Crippen LogP contribution in [0.2, 0.25) is 0 Å². The molecule has 2 aromatic carbocycles. The van der Waals surface area contributed by atoms with Crippen molar-refractivity contribution < 1.29 is 55.4 Å². The number of aliphatic hydroxyl groups is 5. The molecule has 0 bridgehead atoms. The maximum atomic E-state index is 10.8. The van der Waals surface area contributed by atoms with Gasteiger partial charge in [0.2, 0.25) is 0 Å². The lowest BCUT2D eigenvalue weighted by molar-refractivity contribution is -0.232. The van der Waals surface area contributed by atoms with Gasteiger partial charge in [-0.15, -0.1) is 0 Å². The molecule has 2 aliphatic heterocycles. The molecule has 1 fully saturated rings. The van der Waals surface area contributed by atoms with Crippen LogP contribution in [0.1, 0.15) is 28.9 Å². The Balaban J connectivity index is 1.70. The molecule has 9 N–H and O–H groups in total. The van der Waals surface area contributed by atoms with E-state index in [9.17, 15) is 46.0 Å². The van der Waals surface area contributed by atoms with E-state index in [4.69, 9.17) is 9.47 Å². The fourth-order valence-corrected chi connectivity index (χ4v) is 4.15. The maximum Gasteiger partial charge on any atom is 0.157 e. The smallest absolute Gasteiger partial charge is 0.157 e. The van der Waals surface area contributed by atoms with Crippen LogP contribution in [-0.2, 0) is 11.2 Å². The third-order valence-electron chi connectivity index (χ3n) is 5.90. The minimum absolute atomic E-state index is 0.0243. The highest BCUT2D eigenvalue weighted by Gasteiger charge is 2.46. The molecule has 0 amide bonds. The zero-order valence-corrected chi connectivity index (χ0v) is 16.6. The van der Waals surface area contributed by atoms with Crippen molar-refractivity contribution in [2.75, 3.05) is 6.61 Å². The van der Waals surface area contributed by atoms with Gasteiger partial charge in [-0.05, 0) is 17.7 Å². The Bertz CT molecular complexity index is 1010. The highest BCUT2D eigenvalue weighted by atomic mass is 16.5. The standard InChI is InChI=1S/C21H24O11/c22-6-14-17(28)18(29)19(30)21(32-14)15-11(25)5-13-8(16(15)27)4-12(26)20(31-13)7-1-2-9(23)10(24)3-7/h1-3,5,12,14,17-30H,4,6H2/t12-,14+,17+,18-,19+,20-,21-/m0/s1. The van der Waals surface area contributed by atoms with Crippen molar-refractivity contribution in [2.45, 2.75) is 49.1 Å².